The molecule has 1 aromatic carbocycles. The van der Waals surface area contributed by atoms with Crippen molar-refractivity contribution in [2.75, 3.05) is 11.9 Å². The summed E-state index contributed by atoms with van der Waals surface area (Å²) >= 11 is 5.88. The monoisotopic (exact) mass is 290 g/mol. The van der Waals surface area contributed by atoms with Crippen molar-refractivity contribution in [1.82, 2.24) is 4.98 Å². The van der Waals surface area contributed by atoms with E-state index in [1.807, 2.05) is 36.2 Å². The topological polar surface area (TPSA) is 53.4 Å². The highest BCUT2D eigenvalue weighted by atomic mass is 35.5. The number of nitrogens with zero attached hydrogens (tertiary/aromatic N) is 2. The lowest BCUT2D eigenvalue weighted by molar-refractivity contribution is 0.0690. The van der Waals surface area contributed by atoms with Gasteiger partial charge >= 0.3 is 5.97 Å². The van der Waals surface area contributed by atoms with Crippen LogP contribution in [0.5, 0.6) is 0 Å². The Morgan fingerprint density at radius 2 is 1.90 bits per heavy atom. The van der Waals surface area contributed by atoms with Gasteiger partial charge in [-0.3, -0.25) is 0 Å². The number of anilines is 1. The molecule has 0 fully saturated rings. The van der Waals surface area contributed by atoms with Crippen LogP contribution in [0.1, 0.15) is 29.0 Å². The SMILES string of the molecule is CC(c1ccc(Cl)cc1)N(C)c1ccc(C(=O)O)nc1. The van der Waals surface area contributed by atoms with Crippen LogP contribution in [0.3, 0.4) is 0 Å². The van der Waals surface area contributed by atoms with Crippen molar-refractivity contribution in [3.8, 4) is 0 Å². The first-order valence-corrected chi connectivity index (χ1v) is 6.54. The summed E-state index contributed by atoms with van der Waals surface area (Å²) in [5.41, 5.74) is 2.03. The van der Waals surface area contributed by atoms with Gasteiger partial charge in [0.2, 0.25) is 0 Å². The number of rotatable bonds is 4. The van der Waals surface area contributed by atoms with Crippen LogP contribution in [0.4, 0.5) is 5.69 Å². The van der Waals surface area contributed by atoms with Crippen LogP contribution in [-0.2, 0) is 0 Å². The van der Waals surface area contributed by atoms with E-state index >= 15 is 0 Å². The highest BCUT2D eigenvalue weighted by Crippen LogP contribution is 2.25. The molecule has 0 saturated carbocycles. The Kier molecular flexibility index (Phi) is 4.25. The Bertz CT molecular complexity index is 596. The average Bonchev–Trinajstić information content (AvgIpc) is 2.46. The van der Waals surface area contributed by atoms with Gasteiger partial charge in [-0.05, 0) is 36.8 Å². The maximum absolute atomic E-state index is 10.8. The van der Waals surface area contributed by atoms with Gasteiger partial charge in [-0.15, -0.1) is 0 Å². The second-order valence-electron chi connectivity index (χ2n) is 4.55. The third kappa shape index (κ3) is 3.08. The van der Waals surface area contributed by atoms with Gasteiger partial charge in [0.15, 0.2) is 0 Å². The molecule has 0 spiro atoms. The van der Waals surface area contributed by atoms with E-state index < -0.39 is 5.97 Å². The first-order valence-electron chi connectivity index (χ1n) is 6.16. The molecule has 0 bridgehead atoms. The number of carboxylic acid groups (broad SMARTS) is 1. The average molecular weight is 291 g/mol. The van der Waals surface area contributed by atoms with Gasteiger partial charge in [-0.25, -0.2) is 9.78 Å². The van der Waals surface area contributed by atoms with Crippen molar-refractivity contribution in [1.29, 1.82) is 0 Å². The predicted molar refractivity (Wildman–Crippen MR) is 79.5 cm³/mol. The summed E-state index contributed by atoms with van der Waals surface area (Å²) < 4.78 is 0. The van der Waals surface area contributed by atoms with E-state index in [9.17, 15) is 4.79 Å². The first-order chi connectivity index (χ1) is 9.49. The quantitative estimate of drug-likeness (QED) is 0.934. The smallest absolute Gasteiger partial charge is 0.354 e. The number of halogens is 1. The molecular formula is C15H15ClN2O2. The van der Waals surface area contributed by atoms with Gasteiger partial charge in [0.1, 0.15) is 5.69 Å². The molecular weight excluding hydrogens is 276 g/mol. The molecule has 0 aliphatic heterocycles. The molecule has 104 valence electrons. The Labute approximate surface area is 122 Å². The Morgan fingerprint density at radius 1 is 1.25 bits per heavy atom. The standard InChI is InChI=1S/C15H15ClN2O2/c1-10(11-3-5-12(16)6-4-11)18(2)13-7-8-14(15(19)20)17-9-13/h3-10H,1-2H3,(H,19,20). The summed E-state index contributed by atoms with van der Waals surface area (Å²) in [7, 11) is 1.94. The lowest BCUT2D eigenvalue weighted by atomic mass is 10.1. The highest BCUT2D eigenvalue weighted by Gasteiger charge is 2.13. The van der Waals surface area contributed by atoms with E-state index in [-0.39, 0.29) is 11.7 Å². The maximum Gasteiger partial charge on any atom is 0.354 e. The van der Waals surface area contributed by atoms with E-state index in [1.54, 1.807) is 12.3 Å². The van der Waals surface area contributed by atoms with Crippen molar-refractivity contribution in [3.63, 3.8) is 0 Å². The summed E-state index contributed by atoms with van der Waals surface area (Å²) in [4.78, 5) is 16.7. The zero-order valence-corrected chi connectivity index (χ0v) is 12.0. The van der Waals surface area contributed by atoms with Gasteiger partial charge in [0.25, 0.3) is 0 Å². The van der Waals surface area contributed by atoms with Gasteiger partial charge in [0, 0.05) is 12.1 Å². The van der Waals surface area contributed by atoms with E-state index in [0.717, 1.165) is 11.3 Å². The molecule has 5 heteroatoms. The number of aromatic carboxylic acids is 1. The van der Waals surface area contributed by atoms with Crippen LogP contribution in [0.15, 0.2) is 42.6 Å². The summed E-state index contributed by atoms with van der Waals surface area (Å²) in [5, 5.41) is 9.54. The number of benzene rings is 1. The van der Waals surface area contributed by atoms with Crippen LogP contribution in [0.2, 0.25) is 5.02 Å². The summed E-state index contributed by atoms with van der Waals surface area (Å²) in [6.45, 7) is 2.06. The zero-order valence-electron chi connectivity index (χ0n) is 11.2. The second kappa shape index (κ2) is 5.92. The fourth-order valence-electron chi connectivity index (χ4n) is 1.91. The number of carboxylic acids is 1. The fourth-order valence-corrected chi connectivity index (χ4v) is 2.04. The normalized spacial score (nSPS) is 11.9. The minimum atomic E-state index is -1.02. The number of pyridine rings is 1. The van der Waals surface area contributed by atoms with Gasteiger partial charge < -0.3 is 10.0 Å². The molecule has 4 nitrogen and oxygen atoms in total. The molecule has 0 radical (unpaired) electrons. The van der Waals surface area contributed by atoms with Crippen molar-refractivity contribution >= 4 is 23.3 Å². The van der Waals surface area contributed by atoms with Crippen molar-refractivity contribution in [2.45, 2.75) is 13.0 Å². The third-order valence-electron chi connectivity index (χ3n) is 3.31. The van der Waals surface area contributed by atoms with Crippen molar-refractivity contribution in [2.24, 2.45) is 0 Å². The molecule has 0 amide bonds. The number of carbonyl (C=O) groups is 1. The first kappa shape index (κ1) is 14.3. The van der Waals surface area contributed by atoms with Gasteiger partial charge in [0.05, 0.1) is 17.9 Å². The van der Waals surface area contributed by atoms with Crippen LogP contribution >= 0.6 is 11.6 Å². The lowest BCUT2D eigenvalue weighted by Gasteiger charge is -2.27. The van der Waals surface area contributed by atoms with Crippen LogP contribution in [0.25, 0.3) is 0 Å². The van der Waals surface area contributed by atoms with E-state index in [2.05, 4.69) is 11.9 Å². The molecule has 2 aromatic rings. The van der Waals surface area contributed by atoms with Gasteiger partial charge in [-0.2, -0.15) is 0 Å². The summed E-state index contributed by atoms with van der Waals surface area (Å²) in [5.74, 6) is -1.02. The fraction of sp³-hybridized carbons (Fsp3) is 0.200. The van der Waals surface area contributed by atoms with E-state index in [4.69, 9.17) is 16.7 Å². The minimum absolute atomic E-state index is 0.0429. The minimum Gasteiger partial charge on any atom is -0.477 e. The van der Waals surface area contributed by atoms with E-state index in [0.29, 0.717) is 5.02 Å². The van der Waals surface area contributed by atoms with E-state index in [1.165, 1.54) is 6.07 Å². The lowest BCUT2D eigenvalue weighted by Crippen LogP contribution is -2.21. The molecule has 0 saturated heterocycles. The summed E-state index contributed by atoms with van der Waals surface area (Å²) in [6, 6.07) is 11.0. The van der Waals surface area contributed by atoms with Crippen molar-refractivity contribution < 1.29 is 9.90 Å². The molecule has 0 aliphatic carbocycles. The summed E-state index contributed by atoms with van der Waals surface area (Å²) in [6.07, 6.45) is 1.57. The molecule has 1 atom stereocenters. The zero-order chi connectivity index (χ0) is 14.7. The third-order valence-corrected chi connectivity index (χ3v) is 3.56. The molecule has 20 heavy (non-hydrogen) atoms. The van der Waals surface area contributed by atoms with Crippen LogP contribution in [-0.4, -0.2) is 23.1 Å². The maximum atomic E-state index is 10.8. The molecule has 1 heterocycles. The molecule has 1 aromatic heterocycles. The molecule has 0 aliphatic rings. The highest BCUT2D eigenvalue weighted by molar-refractivity contribution is 6.30. The Hall–Kier alpha value is -2.07. The molecule has 1 N–H and O–H groups in total. The Balaban J connectivity index is 2.19. The van der Waals surface area contributed by atoms with Crippen LogP contribution < -0.4 is 4.90 Å². The molecule has 2 rings (SSSR count). The Morgan fingerprint density at radius 3 is 2.40 bits per heavy atom. The predicted octanol–water partition coefficient (Wildman–Crippen LogP) is 3.63. The number of aromatic nitrogens is 1. The number of hydrogen-bond acceptors (Lipinski definition) is 3. The van der Waals surface area contributed by atoms with Crippen molar-refractivity contribution in [3.05, 3.63) is 58.9 Å². The largest absolute Gasteiger partial charge is 0.477 e. The second-order valence-corrected chi connectivity index (χ2v) is 4.98. The van der Waals surface area contributed by atoms with Crippen LogP contribution in [0, 0.1) is 0 Å². The molecule has 1 unspecified atom stereocenters. The number of hydrogen-bond donors (Lipinski definition) is 1. The van der Waals surface area contributed by atoms with Gasteiger partial charge in [-0.1, -0.05) is 23.7 Å².